The number of piperidine rings is 1. The number of hydrogen-bond acceptors (Lipinski definition) is 4. The molecule has 1 N–H and O–H groups in total. The van der Waals surface area contributed by atoms with Gasteiger partial charge in [0, 0.05) is 35.2 Å². The van der Waals surface area contributed by atoms with E-state index in [0.717, 1.165) is 0 Å². The van der Waals surface area contributed by atoms with Gasteiger partial charge in [0.2, 0.25) is 5.91 Å². The second kappa shape index (κ2) is 9.39. The van der Waals surface area contributed by atoms with Gasteiger partial charge in [-0.05, 0) is 44.9 Å². The summed E-state index contributed by atoms with van der Waals surface area (Å²) < 4.78 is 20.7. The Morgan fingerprint density at radius 1 is 1.13 bits per heavy atom. The zero-order valence-corrected chi connectivity index (χ0v) is 18.9. The molecule has 0 saturated carbocycles. The average Bonchev–Trinajstić information content (AvgIpc) is 2.67. The summed E-state index contributed by atoms with van der Waals surface area (Å²) in [5.74, 6) is -0.371. The van der Waals surface area contributed by atoms with Crippen LogP contribution in [0.4, 0.5) is 4.39 Å². The minimum absolute atomic E-state index is 0.0424. The molecule has 0 aliphatic carbocycles. The summed E-state index contributed by atoms with van der Waals surface area (Å²) >= 11 is 11.8. The van der Waals surface area contributed by atoms with E-state index in [0.29, 0.717) is 48.5 Å². The van der Waals surface area contributed by atoms with Gasteiger partial charge in [0.15, 0.2) is 0 Å². The number of nitrogens with zero attached hydrogens (tertiary/aromatic N) is 2. The van der Waals surface area contributed by atoms with E-state index in [-0.39, 0.29) is 37.4 Å². The van der Waals surface area contributed by atoms with Crippen molar-refractivity contribution in [2.75, 3.05) is 45.9 Å². The van der Waals surface area contributed by atoms with Crippen molar-refractivity contribution in [1.29, 1.82) is 0 Å². The molecule has 166 valence electrons. The number of carbonyl (C=O) groups is 2. The maximum atomic E-state index is 15.2. The van der Waals surface area contributed by atoms with Crippen molar-refractivity contribution in [3.63, 3.8) is 0 Å². The number of benzene rings is 1. The second-order valence-electron chi connectivity index (χ2n) is 8.68. The first-order chi connectivity index (χ1) is 14.1. The molecule has 2 saturated heterocycles. The van der Waals surface area contributed by atoms with Gasteiger partial charge < -0.3 is 15.0 Å². The Bertz CT molecular complexity index is 777. The first-order valence-electron chi connectivity index (χ1n) is 10.1. The predicted octanol–water partition coefficient (Wildman–Crippen LogP) is 3.16. The summed E-state index contributed by atoms with van der Waals surface area (Å²) in [4.78, 5) is 28.9. The van der Waals surface area contributed by atoms with Crippen molar-refractivity contribution in [2.24, 2.45) is 0 Å². The van der Waals surface area contributed by atoms with Crippen molar-refractivity contribution in [2.45, 2.75) is 37.9 Å². The van der Waals surface area contributed by atoms with Crippen LogP contribution in [0.2, 0.25) is 10.0 Å². The highest BCUT2D eigenvalue weighted by Crippen LogP contribution is 2.27. The highest BCUT2D eigenvalue weighted by atomic mass is 35.5. The van der Waals surface area contributed by atoms with E-state index in [9.17, 15) is 9.59 Å². The molecule has 2 aliphatic heterocycles. The molecule has 0 atom stereocenters. The Kier molecular flexibility index (Phi) is 7.28. The van der Waals surface area contributed by atoms with Gasteiger partial charge in [-0.1, -0.05) is 23.2 Å². The van der Waals surface area contributed by atoms with Crippen LogP contribution in [0.5, 0.6) is 0 Å². The van der Waals surface area contributed by atoms with Crippen LogP contribution in [0.1, 0.15) is 37.0 Å². The lowest BCUT2D eigenvalue weighted by molar-refractivity contribution is -0.148. The number of carbonyl (C=O) groups excluding carboxylic acids is 2. The molecule has 30 heavy (non-hydrogen) atoms. The van der Waals surface area contributed by atoms with E-state index in [4.69, 9.17) is 27.9 Å². The van der Waals surface area contributed by atoms with Gasteiger partial charge >= 0.3 is 0 Å². The normalized spacial score (nSPS) is 21.3. The topological polar surface area (TPSA) is 61.9 Å². The number of hydrogen-bond donors (Lipinski definition) is 1. The molecule has 0 spiro atoms. The summed E-state index contributed by atoms with van der Waals surface area (Å²) in [7, 11) is 0. The van der Waals surface area contributed by atoms with Crippen molar-refractivity contribution < 1.29 is 18.7 Å². The molecule has 1 aromatic rings. The summed E-state index contributed by atoms with van der Waals surface area (Å²) in [5.41, 5.74) is -1.54. The fourth-order valence-corrected chi connectivity index (χ4v) is 4.44. The lowest BCUT2D eigenvalue weighted by atomic mass is 9.93. The first kappa shape index (κ1) is 23.3. The average molecular weight is 460 g/mol. The third kappa shape index (κ3) is 5.84. The van der Waals surface area contributed by atoms with E-state index in [2.05, 4.69) is 5.32 Å². The number of alkyl halides is 1. The molecule has 1 aromatic carbocycles. The van der Waals surface area contributed by atoms with Crippen LogP contribution in [0.15, 0.2) is 18.2 Å². The Morgan fingerprint density at radius 3 is 2.37 bits per heavy atom. The third-order valence-electron chi connectivity index (χ3n) is 5.75. The van der Waals surface area contributed by atoms with E-state index in [1.165, 1.54) is 18.2 Å². The van der Waals surface area contributed by atoms with Crippen LogP contribution in [-0.4, -0.2) is 78.8 Å². The molecule has 0 radical (unpaired) electrons. The molecule has 3 rings (SSSR count). The van der Waals surface area contributed by atoms with Crippen molar-refractivity contribution in [1.82, 2.24) is 15.1 Å². The lowest BCUT2D eigenvalue weighted by Gasteiger charge is -2.43. The summed E-state index contributed by atoms with van der Waals surface area (Å²) in [6, 6.07) is 4.52. The molecule has 2 fully saturated rings. The fraction of sp³-hybridized carbons (Fsp3) is 0.619. The molecule has 6 nitrogen and oxygen atoms in total. The number of morpholine rings is 1. The molecule has 2 aliphatic rings. The highest BCUT2D eigenvalue weighted by molar-refractivity contribution is 6.35. The van der Waals surface area contributed by atoms with E-state index >= 15 is 4.39 Å². The van der Waals surface area contributed by atoms with Crippen molar-refractivity contribution in [3.05, 3.63) is 33.8 Å². The predicted molar refractivity (Wildman–Crippen MR) is 115 cm³/mol. The highest BCUT2D eigenvalue weighted by Gasteiger charge is 2.38. The zero-order chi connectivity index (χ0) is 21.9. The zero-order valence-electron chi connectivity index (χ0n) is 17.3. The van der Waals surface area contributed by atoms with Crippen LogP contribution in [0.3, 0.4) is 0 Å². The van der Waals surface area contributed by atoms with Crippen LogP contribution in [0, 0.1) is 0 Å². The van der Waals surface area contributed by atoms with Crippen LogP contribution in [0.25, 0.3) is 0 Å². The van der Waals surface area contributed by atoms with Gasteiger partial charge in [-0.3, -0.25) is 14.5 Å². The van der Waals surface area contributed by atoms with Gasteiger partial charge in [0.25, 0.3) is 5.91 Å². The van der Waals surface area contributed by atoms with Crippen molar-refractivity contribution in [3.8, 4) is 0 Å². The first-order valence-corrected chi connectivity index (χ1v) is 10.9. The Labute approximate surface area is 186 Å². The second-order valence-corrected chi connectivity index (χ2v) is 9.55. The number of rotatable bonds is 5. The Morgan fingerprint density at radius 2 is 1.77 bits per heavy atom. The number of ether oxygens (including phenoxy) is 1. The molecule has 0 bridgehead atoms. The van der Waals surface area contributed by atoms with Crippen LogP contribution < -0.4 is 5.32 Å². The van der Waals surface area contributed by atoms with E-state index in [1.54, 1.807) is 0 Å². The van der Waals surface area contributed by atoms with Crippen LogP contribution >= 0.6 is 23.2 Å². The smallest absolute Gasteiger partial charge is 0.251 e. The minimum Gasteiger partial charge on any atom is -0.377 e. The molecule has 0 aromatic heterocycles. The van der Waals surface area contributed by atoms with Gasteiger partial charge in [-0.15, -0.1) is 0 Å². The lowest BCUT2D eigenvalue weighted by Crippen LogP contribution is -2.58. The molecule has 2 heterocycles. The molecular weight excluding hydrogens is 432 g/mol. The fourth-order valence-electron chi connectivity index (χ4n) is 3.91. The van der Waals surface area contributed by atoms with Crippen LogP contribution in [-0.2, 0) is 9.53 Å². The Hall–Kier alpha value is -1.41. The van der Waals surface area contributed by atoms with Gasteiger partial charge in [0.1, 0.15) is 5.67 Å². The number of halogens is 3. The van der Waals surface area contributed by atoms with Gasteiger partial charge in [0.05, 0.1) is 31.8 Å². The van der Waals surface area contributed by atoms with E-state index in [1.807, 2.05) is 23.6 Å². The maximum absolute atomic E-state index is 15.2. The largest absolute Gasteiger partial charge is 0.377 e. The quantitative estimate of drug-likeness (QED) is 0.734. The number of nitrogens with one attached hydrogen (secondary N) is 1. The minimum atomic E-state index is -1.50. The monoisotopic (exact) mass is 459 g/mol. The molecular formula is C21H28Cl2FN3O3. The number of likely N-dealkylation sites (tertiary alicyclic amines) is 1. The third-order valence-corrected chi connectivity index (χ3v) is 6.18. The standard InChI is InChI=1S/C21H28Cl2FN3O3/c1-20(2)14-30-8-7-27(20)18(28)12-26-5-3-21(24,4-6-26)13-25-19(29)15-9-16(22)11-17(23)10-15/h9-11H,3-8,12-14H2,1-2H3,(H,25,29). The molecule has 2 amide bonds. The maximum Gasteiger partial charge on any atom is 0.251 e. The van der Waals surface area contributed by atoms with Crippen molar-refractivity contribution >= 4 is 35.0 Å². The summed E-state index contributed by atoms with van der Waals surface area (Å²) in [5, 5.41) is 3.34. The summed E-state index contributed by atoms with van der Waals surface area (Å²) in [6.45, 7) is 6.72. The summed E-state index contributed by atoms with van der Waals surface area (Å²) in [6.07, 6.45) is 0.507. The molecule has 9 heteroatoms. The van der Waals surface area contributed by atoms with Gasteiger partial charge in [-0.2, -0.15) is 0 Å². The SMILES string of the molecule is CC1(C)COCCN1C(=O)CN1CCC(F)(CNC(=O)c2cc(Cl)cc(Cl)c2)CC1. The van der Waals surface area contributed by atoms with Gasteiger partial charge in [-0.25, -0.2) is 4.39 Å². The molecule has 0 unspecified atom stereocenters. The number of amides is 2. The van der Waals surface area contributed by atoms with E-state index < -0.39 is 11.6 Å². The Balaban J connectivity index is 1.48.